The molecule has 1 aliphatic rings. The van der Waals surface area contributed by atoms with Gasteiger partial charge in [0.2, 0.25) is 0 Å². The lowest BCUT2D eigenvalue weighted by Crippen LogP contribution is -2.45. The number of halogens is 3. The highest BCUT2D eigenvalue weighted by Crippen LogP contribution is 2.35. The van der Waals surface area contributed by atoms with E-state index in [0.29, 0.717) is 54.8 Å². The average Bonchev–Trinajstić information content (AvgIpc) is 3.10. The fraction of sp³-hybridized carbons (Fsp3) is 0.316. The lowest BCUT2D eigenvalue weighted by Gasteiger charge is -2.38. The van der Waals surface area contributed by atoms with Crippen molar-refractivity contribution in [3.63, 3.8) is 0 Å². The van der Waals surface area contributed by atoms with Crippen LogP contribution in [0.3, 0.4) is 0 Å². The summed E-state index contributed by atoms with van der Waals surface area (Å²) in [7, 11) is 0. The minimum atomic E-state index is -0.824. The third-order valence-electron chi connectivity index (χ3n) is 8.98. The number of carbonyl (C=O) groups excluding carboxylic acids is 2. The summed E-state index contributed by atoms with van der Waals surface area (Å²) in [6, 6.07) is 25.2. The SMILES string of the molecule is CCC1(NCc2cc(C(=O)OCC(OC(=O)Cc3ccccc3Nc3c(Cl)cccc3Cl)c3ccccc3)cc(Br)c2N)CCCCC1. The Bertz CT molecular complexity index is 1710. The zero-order valence-electron chi connectivity index (χ0n) is 26.9. The molecule has 1 saturated carbocycles. The highest BCUT2D eigenvalue weighted by molar-refractivity contribution is 9.10. The van der Waals surface area contributed by atoms with Gasteiger partial charge in [-0.05, 0) is 82.2 Å². The summed E-state index contributed by atoms with van der Waals surface area (Å²) in [5.41, 5.74) is 10.9. The predicted octanol–water partition coefficient (Wildman–Crippen LogP) is 9.97. The molecule has 0 radical (unpaired) electrons. The molecular weight excluding hydrogens is 713 g/mol. The second-order valence-corrected chi connectivity index (χ2v) is 13.8. The summed E-state index contributed by atoms with van der Waals surface area (Å²) in [4.78, 5) is 26.8. The zero-order chi connectivity index (χ0) is 34.1. The molecule has 4 aromatic carbocycles. The number of hydrogen-bond donors (Lipinski definition) is 3. The number of hydrogen-bond acceptors (Lipinski definition) is 7. The largest absolute Gasteiger partial charge is 0.458 e. The number of rotatable bonds is 13. The summed E-state index contributed by atoms with van der Waals surface area (Å²) in [6.07, 6.45) is 6.11. The maximum atomic E-state index is 13.4. The van der Waals surface area contributed by atoms with Gasteiger partial charge >= 0.3 is 11.9 Å². The van der Waals surface area contributed by atoms with Crippen LogP contribution in [0.4, 0.5) is 17.1 Å². The molecule has 1 unspecified atom stereocenters. The Morgan fingerprint density at radius 3 is 2.31 bits per heavy atom. The van der Waals surface area contributed by atoms with Crippen molar-refractivity contribution in [2.45, 2.75) is 70.1 Å². The monoisotopic (exact) mass is 751 g/mol. The van der Waals surface area contributed by atoms with Gasteiger partial charge in [0.25, 0.3) is 0 Å². The van der Waals surface area contributed by atoms with Crippen LogP contribution in [0, 0.1) is 0 Å². The fourth-order valence-corrected chi connectivity index (χ4v) is 7.10. The molecule has 0 spiro atoms. The Labute approximate surface area is 300 Å². The second kappa shape index (κ2) is 16.7. The van der Waals surface area contributed by atoms with Crippen LogP contribution in [-0.4, -0.2) is 24.1 Å². The van der Waals surface area contributed by atoms with Crippen molar-refractivity contribution in [3.8, 4) is 0 Å². The number of anilines is 3. The van der Waals surface area contributed by atoms with Crippen LogP contribution in [0.2, 0.25) is 10.0 Å². The molecule has 10 heteroatoms. The first-order chi connectivity index (χ1) is 23.2. The molecule has 0 aliphatic heterocycles. The van der Waals surface area contributed by atoms with Gasteiger partial charge in [-0.1, -0.05) is 104 Å². The van der Waals surface area contributed by atoms with Gasteiger partial charge in [0.1, 0.15) is 6.61 Å². The summed E-state index contributed by atoms with van der Waals surface area (Å²) < 4.78 is 12.3. The third kappa shape index (κ3) is 9.11. The molecule has 48 heavy (non-hydrogen) atoms. The van der Waals surface area contributed by atoms with Crippen molar-refractivity contribution in [3.05, 3.63) is 122 Å². The van der Waals surface area contributed by atoms with E-state index in [1.807, 2.05) is 54.6 Å². The van der Waals surface area contributed by atoms with Crippen LogP contribution in [0.25, 0.3) is 0 Å². The van der Waals surface area contributed by atoms with Crippen molar-refractivity contribution >= 4 is 68.1 Å². The summed E-state index contributed by atoms with van der Waals surface area (Å²) >= 11 is 16.3. The Balaban J connectivity index is 1.27. The highest BCUT2D eigenvalue weighted by Gasteiger charge is 2.30. The highest BCUT2D eigenvalue weighted by atomic mass is 79.9. The predicted molar refractivity (Wildman–Crippen MR) is 197 cm³/mol. The average molecular weight is 754 g/mol. The minimum absolute atomic E-state index is 0.0386. The number of esters is 2. The zero-order valence-corrected chi connectivity index (χ0v) is 30.0. The molecule has 0 saturated heterocycles. The Kier molecular flexibility index (Phi) is 12.4. The van der Waals surface area contributed by atoms with Gasteiger partial charge in [-0.25, -0.2) is 4.79 Å². The first kappa shape index (κ1) is 35.7. The quantitative estimate of drug-likeness (QED) is 0.0923. The van der Waals surface area contributed by atoms with Crippen molar-refractivity contribution in [2.24, 2.45) is 0 Å². The van der Waals surface area contributed by atoms with Crippen molar-refractivity contribution in [1.29, 1.82) is 0 Å². The van der Waals surface area contributed by atoms with Gasteiger partial charge in [-0.3, -0.25) is 4.79 Å². The Morgan fingerprint density at radius 2 is 1.60 bits per heavy atom. The van der Waals surface area contributed by atoms with Crippen molar-refractivity contribution in [2.75, 3.05) is 17.7 Å². The standard InChI is InChI=1S/C38H40BrCl2N3O4/c1-2-38(18-9-4-10-19-38)43-23-28-20-27(21-29(39)35(28)42)37(46)47-24-33(25-12-5-3-6-13-25)48-34(45)22-26-14-7-8-17-32(26)44-36-30(40)15-11-16-31(36)41/h3,5-8,11-17,20-21,33,43-44H,2,4,9-10,18-19,22-24,42H2,1H3. The van der Waals surface area contributed by atoms with Gasteiger partial charge in [0.15, 0.2) is 6.10 Å². The van der Waals surface area contributed by atoms with E-state index in [1.165, 1.54) is 19.3 Å². The summed E-state index contributed by atoms with van der Waals surface area (Å²) in [6.45, 7) is 2.59. The molecule has 5 rings (SSSR count). The Hall–Kier alpha value is -3.56. The number of nitrogens with two attached hydrogens (primary N) is 1. The van der Waals surface area contributed by atoms with E-state index < -0.39 is 18.0 Å². The number of benzene rings is 4. The lowest BCUT2D eigenvalue weighted by atomic mass is 9.79. The Morgan fingerprint density at radius 1 is 0.917 bits per heavy atom. The topological polar surface area (TPSA) is 103 Å². The van der Waals surface area contributed by atoms with E-state index >= 15 is 0 Å². The molecule has 4 N–H and O–H groups in total. The van der Waals surface area contributed by atoms with Crippen LogP contribution in [0.5, 0.6) is 0 Å². The second-order valence-electron chi connectivity index (χ2n) is 12.1. The van der Waals surface area contributed by atoms with E-state index in [1.54, 1.807) is 30.3 Å². The van der Waals surface area contributed by atoms with Gasteiger partial charge in [0.05, 0.1) is 33.4 Å². The van der Waals surface area contributed by atoms with E-state index in [2.05, 4.69) is 33.5 Å². The van der Waals surface area contributed by atoms with E-state index in [0.717, 1.165) is 24.8 Å². The maximum absolute atomic E-state index is 13.4. The van der Waals surface area contributed by atoms with E-state index in [-0.39, 0.29) is 18.6 Å². The van der Waals surface area contributed by atoms with E-state index in [9.17, 15) is 9.59 Å². The van der Waals surface area contributed by atoms with Crippen molar-refractivity contribution in [1.82, 2.24) is 5.32 Å². The fourth-order valence-electron chi connectivity index (χ4n) is 6.11. The number of carbonyl (C=O) groups is 2. The molecule has 0 aromatic heterocycles. The molecule has 1 atom stereocenters. The molecule has 0 bridgehead atoms. The minimum Gasteiger partial charge on any atom is -0.458 e. The molecule has 252 valence electrons. The molecule has 0 amide bonds. The van der Waals surface area contributed by atoms with Crippen LogP contribution >= 0.6 is 39.1 Å². The van der Waals surface area contributed by atoms with Gasteiger partial charge in [0, 0.05) is 22.2 Å². The summed E-state index contributed by atoms with van der Waals surface area (Å²) in [5, 5.41) is 7.90. The maximum Gasteiger partial charge on any atom is 0.338 e. The molecule has 7 nitrogen and oxygen atoms in total. The van der Waals surface area contributed by atoms with Crippen LogP contribution in [-0.2, 0) is 27.2 Å². The van der Waals surface area contributed by atoms with E-state index in [4.69, 9.17) is 38.4 Å². The first-order valence-electron chi connectivity index (χ1n) is 16.2. The van der Waals surface area contributed by atoms with Crippen molar-refractivity contribution < 1.29 is 19.1 Å². The number of nitrogen functional groups attached to an aromatic ring is 1. The first-order valence-corrected chi connectivity index (χ1v) is 17.8. The van der Waals surface area contributed by atoms with Gasteiger partial charge in [-0.15, -0.1) is 0 Å². The lowest BCUT2D eigenvalue weighted by molar-refractivity contribution is -0.150. The molecule has 0 heterocycles. The van der Waals surface area contributed by atoms with Gasteiger partial charge < -0.3 is 25.8 Å². The number of nitrogens with one attached hydrogen (secondary N) is 2. The molecular formula is C38H40BrCl2N3O4. The summed E-state index contributed by atoms with van der Waals surface area (Å²) in [5.74, 6) is -1.03. The normalized spacial score (nSPS) is 14.6. The number of para-hydroxylation sites is 2. The molecule has 1 fully saturated rings. The van der Waals surface area contributed by atoms with Crippen LogP contribution in [0.15, 0.2) is 89.4 Å². The third-order valence-corrected chi connectivity index (χ3v) is 10.3. The number of ether oxygens (including phenoxy) is 2. The molecule has 1 aliphatic carbocycles. The van der Waals surface area contributed by atoms with Gasteiger partial charge in [-0.2, -0.15) is 0 Å². The molecule has 4 aromatic rings. The smallest absolute Gasteiger partial charge is 0.338 e. The van der Waals surface area contributed by atoms with Crippen LogP contribution < -0.4 is 16.4 Å². The van der Waals surface area contributed by atoms with Crippen LogP contribution in [0.1, 0.15) is 78.6 Å².